The molecule has 0 aliphatic carbocycles. The Kier molecular flexibility index (Phi) is 2.88. The Morgan fingerprint density at radius 3 is 2.43 bits per heavy atom. The first kappa shape index (κ1) is 11.5. The van der Waals surface area contributed by atoms with Gasteiger partial charge in [0.25, 0.3) is 0 Å². The number of ether oxygens (including phenoxy) is 2. The minimum atomic E-state index is -0.909. The standard InChI is InChI=1S/C10H19NO3/c1-9(2,3)14-8(12)10(4)11(5)6-7-13-10/h6-7H2,1-5H3. The molecule has 4 heteroatoms. The smallest absolute Gasteiger partial charge is 0.354 e. The van der Waals surface area contributed by atoms with Gasteiger partial charge in [0.15, 0.2) is 0 Å². The van der Waals surface area contributed by atoms with E-state index in [2.05, 4.69) is 0 Å². The van der Waals surface area contributed by atoms with Crippen LogP contribution in [-0.4, -0.2) is 42.4 Å². The molecule has 0 aromatic carbocycles. The summed E-state index contributed by atoms with van der Waals surface area (Å²) in [7, 11) is 1.86. The van der Waals surface area contributed by atoms with E-state index in [9.17, 15) is 4.79 Å². The molecule has 82 valence electrons. The van der Waals surface area contributed by atoms with Crippen molar-refractivity contribution in [2.45, 2.75) is 39.0 Å². The van der Waals surface area contributed by atoms with Gasteiger partial charge in [-0.1, -0.05) is 0 Å². The fourth-order valence-electron chi connectivity index (χ4n) is 1.29. The van der Waals surface area contributed by atoms with Crippen LogP contribution < -0.4 is 0 Å². The fraction of sp³-hybridized carbons (Fsp3) is 0.900. The summed E-state index contributed by atoms with van der Waals surface area (Å²) in [5.74, 6) is -0.315. The molecule has 0 spiro atoms. The van der Waals surface area contributed by atoms with Crippen LogP contribution in [0.2, 0.25) is 0 Å². The minimum Gasteiger partial charge on any atom is -0.457 e. The van der Waals surface area contributed by atoms with E-state index in [0.717, 1.165) is 6.54 Å². The second kappa shape index (κ2) is 3.51. The van der Waals surface area contributed by atoms with Crippen LogP contribution in [0.5, 0.6) is 0 Å². The van der Waals surface area contributed by atoms with Crippen LogP contribution in [0.1, 0.15) is 27.7 Å². The molecule has 0 radical (unpaired) electrons. The van der Waals surface area contributed by atoms with Crippen molar-refractivity contribution in [3.05, 3.63) is 0 Å². The Balaban J connectivity index is 2.68. The molecule has 1 aliphatic rings. The van der Waals surface area contributed by atoms with E-state index >= 15 is 0 Å². The van der Waals surface area contributed by atoms with Gasteiger partial charge in [-0.3, -0.25) is 4.90 Å². The predicted octanol–water partition coefficient (Wildman–Crippen LogP) is 1.01. The molecular weight excluding hydrogens is 182 g/mol. The van der Waals surface area contributed by atoms with E-state index in [1.54, 1.807) is 6.92 Å². The molecule has 0 N–H and O–H groups in total. The number of esters is 1. The van der Waals surface area contributed by atoms with Crippen molar-refractivity contribution in [1.82, 2.24) is 4.90 Å². The maximum absolute atomic E-state index is 11.8. The summed E-state index contributed by atoms with van der Waals surface area (Å²) < 4.78 is 10.7. The van der Waals surface area contributed by atoms with Crippen LogP contribution in [0.3, 0.4) is 0 Å². The van der Waals surface area contributed by atoms with E-state index in [1.807, 2.05) is 32.7 Å². The lowest BCUT2D eigenvalue weighted by Gasteiger charge is -2.31. The number of hydrogen-bond acceptors (Lipinski definition) is 4. The van der Waals surface area contributed by atoms with Crippen LogP contribution in [0.25, 0.3) is 0 Å². The summed E-state index contributed by atoms with van der Waals surface area (Å²) >= 11 is 0. The van der Waals surface area contributed by atoms with Crippen molar-refractivity contribution in [2.24, 2.45) is 0 Å². The van der Waals surface area contributed by atoms with Gasteiger partial charge in [-0.2, -0.15) is 0 Å². The second-order valence-electron chi connectivity index (χ2n) is 4.75. The Morgan fingerprint density at radius 1 is 1.50 bits per heavy atom. The Hall–Kier alpha value is -0.610. The first-order valence-electron chi connectivity index (χ1n) is 4.84. The van der Waals surface area contributed by atoms with E-state index in [-0.39, 0.29) is 5.97 Å². The molecule has 4 nitrogen and oxygen atoms in total. The number of carbonyl (C=O) groups excluding carboxylic acids is 1. The molecule has 1 fully saturated rings. The molecule has 0 saturated carbocycles. The van der Waals surface area contributed by atoms with Gasteiger partial charge in [0.05, 0.1) is 6.61 Å². The Labute approximate surface area is 85.2 Å². The van der Waals surface area contributed by atoms with Crippen molar-refractivity contribution in [2.75, 3.05) is 20.2 Å². The first-order valence-corrected chi connectivity index (χ1v) is 4.84. The second-order valence-corrected chi connectivity index (χ2v) is 4.75. The lowest BCUT2D eigenvalue weighted by atomic mass is 10.1. The average molecular weight is 201 g/mol. The number of nitrogens with zero attached hydrogens (tertiary/aromatic N) is 1. The van der Waals surface area contributed by atoms with Gasteiger partial charge in [0, 0.05) is 6.54 Å². The monoisotopic (exact) mass is 201 g/mol. The van der Waals surface area contributed by atoms with Gasteiger partial charge >= 0.3 is 5.97 Å². The zero-order valence-electron chi connectivity index (χ0n) is 9.59. The molecular formula is C10H19NO3. The summed E-state index contributed by atoms with van der Waals surface area (Å²) in [5.41, 5.74) is -1.37. The molecule has 1 atom stereocenters. The quantitative estimate of drug-likeness (QED) is 0.593. The van der Waals surface area contributed by atoms with Crippen molar-refractivity contribution >= 4 is 5.97 Å². The van der Waals surface area contributed by atoms with Gasteiger partial charge in [-0.25, -0.2) is 4.79 Å². The van der Waals surface area contributed by atoms with Gasteiger partial charge in [-0.15, -0.1) is 0 Å². The Morgan fingerprint density at radius 2 is 2.07 bits per heavy atom. The van der Waals surface area contributed by atoms with Crippen LogP contribution in [0.15, 0.2) is 0 Å². The molecule has 1 unspecified atom stereocenters. The molecule has 1 heterocycles. The summed E-state index contributed by atoms with van der Waals surface area (Å²) in [4.78, 5) is 13.7. The maximum atomic E-state index is 11.8. The molecule has 0 aromatic rings. The van der Waals surface area contributed by atoms with Crippen LogP contribution in [-0.2, 0) is 14.3 Å². The lowest BCUT2D eigenvalue weighted by molar-refractivity contribution is -0.188. The fourth-order valence-corrected chi connectivity index (χ4v) is 1.29. The molecule has 1 aliphatic heterocycles. The molecule has 14 heavy (non-hydrogen) atoms. The summed E-state index contributed by atoms with van der Waals surface area (Å²) in [6.45, 7) is 8.63. The highest BCUT2D eigenvalue weighted by atomic mass is 16.6. The van der Waals surface area contributed by atoms with E-state index in [4.69, 9.17) is 9.47 Å². The van der Waals surface area contributed by atoms with E-state index in [0.29, 0.717) is 6.61 Å². The normalized spacial score (nSPS) is 29.2. The number of hydrogen-bond donors (Lipinski definition) is 0. The molecule has 0 amide bonds. The maximum Gasteiger partial charge on any atom is 0.354 e. The average Bonchev–Trinajstić information content (AvgIpc) is 2.30. The third kappa shape index (κ3) is 2.25. The molecule has 1 saturated heterocycles. The highest BCUT2D eigenvalue weighted by Crippen LogP contribution is 2.24. The third-order valence-corrected chi connectivity index (χ3v) is 2.32. The van der Waals surface area contributed by atoms with Gasteiger partial charge in [0.1, 0.15) is 5.60 Å². The number of rotatable bonds is 1. The van der Waals surface area contributed by atoms with E-state index in [1.165, 1.54) is 0 Å². The summed E-state index contributed by atoms with van der Waals surface area (Å²) in [6, 6.07) is 0. The lowest BCUT2D eigenvalue weighted by Crippen LogP contribution is -2.50. The van der Waals surface area contributed by atoms with Crippen molar-refractivity contribution in [3.63, 3.8) is 0 Å². The molecule has 1 rings (SSSR count). The predicted molar refractivity (Wildman–Crippen MR) is 52.8 cm³/mol. The first-order chi connectivity index (χ1) is 6.26. The SMILES string of the molecule is CN1CCOC1(C)C(=O)OC(C)(C)C. The molecule has 0 aromatic heterocycles. The van der Waals surface area contributed by atoms with Crippen molar-refractivity contribution in [3.8, 4) is 0 Å². The number of carbonyl (C=O) groups is 1. The zero-order chi connectivity index (χ0) is 11.0. The number of likely N-dealkylation sites (N-methyl/N-ethyl adjacent to an activating group) is 1. The third-order valence-electron chi connectivity index (χ3n) is 2.32. The largest absolute Gasteiger partial charge is 0.457 e. The van der Waals surface area contributed by atoms with Gasteiger partial charge in [-0.05, 0) is 34.7 Å². The highest BCUT2D eigenvalue weighted by Gasteiger charge is 2.45. The van der Waals surface area contributed by atoms with Crippen LogP contribution >= 0.6 is 0 Å². The Bertz CT molecular complexity index is 234. The van der Waals surface area contributed by atoms with Crippen molar-refractivity contribution in [1.29, 1.82) is 0 Å². The topological polar surface area (TPSA) is 38.8 Å². The van der Waals surface area contributed by atoms with Crippen LogP contribution in [0, 0.1) is 0 Å². The molecule has 0 bridgehead atoms. The van der Waals surface area contributed by atoms with E-state index < -0.39 is 11.3 Å². The van der Waals surface area contributed by atoms with Gasteiger partial charge < -0.3 is 9.47 Å². The highest BCUT2D eigenvalue weighted by molar-refractivity contribution is 5.79. The summed E-state index contributed by atoms with van der Waals surface area (Å²) in [5, 5.41) is 0. The van der Waals surface area contributed by atoms with Crippen molar-refractivity contribution < 1.29 is 14.3 Å². The minimum absolute atomic E-state index is 0.315. The summed E-state index contributed by atoms with van der Waals surface area (Å²) in [6.07, 6.45) is 0. The van der Waals surface area contributed by atoms with Gasteiger partial charge in [0.2, 0.25) is 5.72 Å². The van der Waals surface area contributed by atoms with Crippen LogP contribution in [0.4, 0.5) is 0 Å². The zero-order valence-corrected chi connectivity index (χ0v) is 9.59.